The van der Waals surface area contributed by atoms with Crippen LogP contribution < -0.4 is 0 Å². The minimum Gasteiger partial charge on any atom is -0.374 e. The molecule has 1 aliphatic rings. The van der Waals surface area contributed by atoms with Gasteiger partial charge in [0.1, 0.15) is 0 Å². The third kappa shape index (κ3) is 3.58. The van der Waals surface area contributed by atoms with Crippen LogP contribution in [0.1, 0.15) is 51.2 Å². The van der Waals surface area contributed by atoms with Crippen LogP contribution in [0.15, 0.2) is 24.3 Å². The van der Waals surface area contributed by atoms with Crippen LogP contribution in [0.5, 0.6) is 0 Å². The van der Waals surface area contributed by atoms with Crippen molar-refractivity contribution < 1.29 is 9.47 Å². The van der Waals surface area contributed by atoms with Crippen molar-refractivity contribution in [3.8, 4) is 0 Å². The average molecular weight is 262 g/mol. The Labute approximate surface area is 117 Å². The van der Waals surface area contributed by atoms with E-state index in [0.717, 1.165) is 19.3 Å². The highest BCUT2D eigenvalue weighted by Crippen LogP contribution is 2.39. The summed E-state index contributed by atoms with van der Waals surface area (Å²) in [6.07, 6.45) is 3.29. The van der Waals surface area contributed by atoms with E-state index in [1.54, 1.807) is 0 Å². The molecule has 1 fully saturated rings. The van der Waals surface area contributed by atoms with Crippen LogP contribution in [0.25, 0.3) is 0 Å². The molecule has 2 atom stereocenters. The van der Waals surface area contributed by atoms with Gasteiger partial charge in [0.05, 0.1) is 24.4 Å². The van der Waals surface area contributed by atoms with Crippen molar-refractivity contribution in [2.75, 3.05) is 6.61 Å². The smallest absolute Gasteiger partial charge is 0.0895 e. The van der Waals surface area contributed by atoms with Gasteiger partial charge in [0.25, 0.3) is 0 Å². The Bertz CT molecular complexity index is 429. The lowest BCUT2D eigenvalue weighted by molar-refractivity contribution is -0.123. The van der Waals surface area contributed by atoms with E-state index in [1.165, 1.54) is 11.1 Å². The van der Waals surface area contributed by atoms with Gasteiger partial charge in [-0.2, -0.15) is 0 Å². The second-order valence-electron chi connectivity index (χ2n) is 6.27. The maximum atomic E-state index is 6.23. The predicted molar refractivity (Wildman–Crippen MR) is 78.3 cm³/mol. The molecule has 0 radical (unpaired) electrons. The minimum atomic E-state index is -0.118. The summed E-state index contributed by atoms with van der Waals surface area (Å²) >= 11 is 0. The van der Waals surface area contributed by atoms with E-state index in [4.69, 9.17) is 9.47 Å². The molecular formula is C17H26O2. The molecule has 0 bridgehead atoms. The van der Waals surface area contributed by atoms with Gasteiger partial charge in [-0.25, -0.2) is 0 Å². The van der Waals surface area contributed by atoms with E-state index >= 15 is 0 Å². The van der Waals surface area contributed by atoms with E-state index in [-0.39, 0.29) is 11.2 Å². The van der Waals surface area contributed by atoms with Crippen molar-refractivity contribution in [3.05, 3.63) is 35.4 Å². The van der Waals surface area contributed by atoms with Gasteiger partial charge in [0, 0.05) is 0 Å². The van der Waals surface area contributed by atoms with Gasteiger partial charge in [0.2, 0.25) is 0 Å². The molecule has 2 nitrogen and oxygen atoms in total. The third-order valence-corrected chi connectivity index (χ3v) is 4.35. The summed E-state index contributed by atoms with van der Waals surface area (Å²) in [6.45, 7) is 10.1. The molecule has 2 rings (SSSR count). The molecule has 1 aromatic rings. The Balaban J connectivity index is 1.85. The largest absolute Gasteiger partial charge is 0.374 e. The minimum absolute atomic E-state index is 0.0424. The van der Waals surface area contributed by atoms with Gasteiger partial charge in [-0.3, -0.25) is 0 Å². The van der Waals surface area contributed by atoms with Gasteiger partial charge in [0.15, 0.2) is 0 Å². The van der Waals surface area contributed by atoms with E-state index in [9.17, 15) is 0 Å². The Kier molecular flexibility index (Phi) is 4.32. The van der Waals surface area contributed by atoms with Gasteiger partial charge in [-0.05, 0) is 51.2 Å². The highest BCUT2D eigenvalue weighted by molar-refractivity contribution is 5.24. The molecule has 2 heteroatoms. The van der Waals surface area contributed by atoms with E-state index in [2.05, 4.69) is 52.0 Å². The van der Waals surface area contributed by atoms with Crippen molar-refractivity contribution in [3.63, 3.8) is 0 Å². The van der Waals surface area contributed by atoms with Gasteiger partial charge < -0.3 is 9.47 Å². The SMILES string of the molecule is CCC1(C)CCC(C)(COCc2ccccc2C)O1. The zero-order valence-corrected chi connectivity index (χ0v) is 12.7. The molecule has 1 saturated heterocycles. The van der Waals surface area contributed by atoms with Crippen molar-refractivity contribution in [1.82, 2.24) is 0 Å². The number of hydrogen-bond donors (Lipinski definition) is 0. The van der Waals surface area contributed by atoms with Gasteiger partial charge in [-0.1, -0.05) is 31.2 Å². The number of benzene rings is 1. The van der Waals surface area contributed by atoms with Crippen molar-refractivity contribution >= 4 is 0 Å². The highest BCUT2D eigenvalue weighted by Gasteiger charge is 2.42. The Morgan fingerprint density at radius 3 is 2.47 bits per heavy atom. The van der Waals surface area contributed by atoms with Gasteiger partial charge in [-0.15, -0.1) is 0 Å². The first kappa shape index (κ1) is 14.5. The van der Waals surface area contributed by atoms with Crippen molar-refractivity contribution in [2.24, 2.45) is 0 Å². The summed E-state index contributed by atoms with van der Waals surface area (Å²) < 4.78 is 12.1. The molecule has 0 saturated carbocycles. The third-order valence-electron chi connectivity index (χ3n) is 4.35. The molecule has 19 heavy (non-hydrogen) atoms. The monoisotopic (exact) mass is 262 g/mol. The van der Waals surface area contributed by atoms with Crippen LogP contribution in [0, 0.1) is 6.92 Å². The number of aryl methyl sites for hydroxylation is 1. The summed E-state index contributed by atoms with van der Waals surface area (Å²) in [7, 11) is 0. The average Bonchev–Trinajstić information content (AvgIpc) is 2.69. The van der Waals surface area contributed by atoms with E-state index in [0.29, 0.717) is 13.2 Å². The lowest BCUT2D eigenvalue weighted by Crippen LogP contribution is -2.34. The molecule has 0 amide bonds. The first-order valence-electron chi connectivity index (χ1n) is 7.29. The topological polar surface area (TPSA) is 18.5 Å². The lowest BCUT2D eigenvalue weighted by atomic mass is 9.97. The zero-order chi connectivity index (χ0) is 13.9. The molecule has 0 aromatic heterocycles. The molecule has 1 aromatic carbocycles. The molecule has 0 N–H and O–H groups in total. The number of ether oxygens (including phenoxy) is 2. The predicted octanol–water partition coefficient (Wildman–Crippen LogP) is 4.25. The fourth-order valence-corrected chi connectivity index (χ4v) is 2.73. The maximum absolute atomic E-state index is 6.23. The Morgan fingerprint density at radius 2 is 1.84 bits per heavy atom. The van der Waals surface area contributed by atoms with Crippen LogP contribution in [0.4, 0.5) is 0 Å². The molecule has 2 unspecified atom stereocenters. The first-order valence-corrected chi connectivity index (χ1v) is 7.29. The zero-order valence-electron chi connectivity index (χ0n) is 12.7. The second-order valence-corrected chi connectivity index (χ2v) is 6.27. The Morgan fingerprint density at radius 1 is 1.16 bits per heavy atom. The van der Waals surface area contributed by atoms with E-state index < -0.39 is 0 Å². The quantitative estimate of drug-likeness (QED) is 0.789. The Hall–Kier alpha value is -0.860. The summed E-state index contributed by atoms with van der Waals surface area (Å²) in [6, 6.07) is 8.38. The lowest BCUT2D eigenvalue weighted by Gasteiger charge is -2.29. The summed E-state index contributed by atoms with van der Waals surface area (Å²) in [5.41, 5.74) is 2.48. The second kappa shape index (κ2) is 5.64. The fraction of sp³-hybridized carbons (Fsp3) is 0.647. The molecule has 1 aliphatic heterocycles. The number of rotatable bonds is 5. The van der Waals surface area contributed by atoms with Crippen LogP contribution in [-0.2, 0) is 16.1 Å². The molecular weight excluding hydrogens is 236 g/mol. The molecule has 1 heterocycles. The molecule has 0 aliphatic carbocycles. The van der Waals surface area contributed by atoms with Crippen LogP contribution in [-0.4, -0.2) is 17.8 Å². The van der Waals surface area contributed by atoms with Crippen LogP contribution in [0.3, 0.4) is 0 Å². The van der Waals surface area contributed by atoms with Crippen molar-refractivity contribution in [1.29, 1.82) is 0 Å². The normalized spacial score (nSPS) is 30.7. The van der Waals surface area contributed by atoms with Crippen LogP contribution in [0.2, 0.25) is 0 Å². The van der Waals surface area contributed by atoms with E-state index in [1.807, 2.05) is 0 Å². The summed E-state index contributed by atoms with van der Waals surface area (Å²) in [5.74, 6) is 0. The van der Waals surface area contributed by atoms with Crippen LogP contribution >= 0.6 is 0 Å². The van der Waals surface area contributed by atoms with Gasteiger partial charge >= 0.3 is 0 Å². The summed E-state index contributed by atoms with van der Waals surface area (Å²) in [5, 5.41) is 0. The molecule has 0 spiro atoms. The summed E-state index contributed by atoms with van der Waals surface area (Å²) in [4.78, 5) is 0. The first-order chi connectivity index (χ1) is 8.96. The van der Waals surface area contributed by atoms with Crippen molar-refractivity contribution in [2.45, 2.75) is 64.8 Å². The number of hydrogen-bond acceptors (Lipinski definition) is 2. The maximum Gasteiger partial charge on any atom is 0.0895 e. The highest BCUT2D eigenvalue weighted by atomic mass is 16.6. The fourth-order valence-electron chi connectivity index (χ4n) is 2.73. The standard InChI is InChI=1S/C17H26O2/c1-5-16(3)10-11-17(4,19-16)13-18-12-15-9-7-6-8-14(15)2/h6-9H,5,10-13H2,1-4H3. The molecule has 106 valence electrons.